The van der Waals surface area contributed by atoms with Gasteiger partial charge in [-0.1, -0.05) is 25.1 Å². The summed E-state index contributed by atoms with van der Waals surface area (Å²) in [6, 6.07) is 12.3. The third kappa shape index (κ3) is 4.11. The summed E-state index contributed by atoms with van der Waals surface area (Å²) >= 11 is 0. The molecule has 148 valence electrons. The second-order valence-electron chi connectivity index (χ2n) is 7.98. The van der Waals surface area contributed by atoms with Crippen molar-refractivity contribution in [1.29, 1.82) is 0 Å². The third-order valence-corrected chi connectivity index (χ3v) is 5.82. The average molecular weight is 380 g/mol. The lowest BCUT2D eigenvalue weighted by molar-refractivity contribution is 0.0691. The zero-order chi connectivity index (χ0) is 19.5. The molecule has 0 bridgehead atoms. The molecule has 1 aromatic carbocycles. The number of carbonyl (C=O) groups excluding carboxylic acids is 1. The summed E-state index contributed by atoms with van der Waals surface area (Å²) in [4.78, 5) is 28.7. The number of para-hydroxylation sites is 1. The minimum atomic E-state index is 0.0431. The van der Waals surface area contributed by atoms with Crippen LogP contribution in [0.15, 0.2) is 36.4 Å². The normalized spacial score (nSPS) is 18.4. The Bertz CT molecular complexity index is 809. The maximum absolute atomic E-state index is 12.9. The molecule has 1 amide bonds. The highest BCUT2D eigenvalue weighted by Crippen LogP contribution is 2.21. The van der Waals surface area contributed by atoms with Crippen LogP contribution in [0.25, 0.3) is 0 Å². The molecular formula is C22H29N5O. The van der Waals surface area contributed by atoms with E-state index in [4.69, 9.17) is 0 Å². The highest BCUT2D eigenvalue weighted by atomic mass is 16.2. The Hall–Kier alpha value is -2.63. The monoisotopic (exact) mass is 379 g/mol. The molecule has 0 atom stereocenters. The molecule has 2 saturated heterocycles. The summed E-state index contributed by atoms with van der Waals surface area (Å²) in [5, 5.41) is 0. The molecule has 2 aliphatic rings. The van der Waals surface area contributed by atoms with Crippen molar-refractivity contribution in [2.45, 2.75) is 26.7 Å². The number of anilines is 2. The van der Waals surface area contributed by atoms with E-state index in [2.05, 4.69) is 51.0 Å². The van der Waals surface area contributed by atoms with Crippen LogP contribution in [-0.4, -0.2) is 60.0 Å². The first-order valence-electron chi connectivity index (χ1n) is 10.3. The first kappa shape index (κ1) is 18.7. The summed E-state index contributed by atoms with van der Waals surface area (Å²) in [5.74, 6) is 1.43. The van der Waals surface area contributed by atoms with Crippen molar-refractivity contribution in [3.05, 3.63) is 47.8 Å². The zero-order valence-corrected chi connectivity index (χ0v) is 16.8. The van der Waals surface area contributed by atoms with Crippen LogP contribution < -0.4 is 9.80 Å². The molecule has 0 N–H and O–H groups in total. The van der Waals surface area contributed by atoms with Gasteiger partial charge in [0.1, 0.15) is 5.69 Å². The largest absolute Gasteiger partial charge is 0.368 e. The Morgan fingerprint density at radius 3 is 2.25 bits per heavy atom. The van der Waals surface area contributed by atoms with Gasteiger partial charge in [-0.15, -0.1) is 0 Å². The standard InChI is InChI=1S/C22H29N5O/c1-17-8-10-26(11-9-17)21(28)20-16-18(2)23-22(24-20)27-14-12-25(13-15-27)19-6-4-3-5-7-19/h3-7,16-17H,8-15H2,1-2H3. The molecule has 0 unspecified atom stereocenters. The molecule has 4 rings (SSSR count). The average Bonchev–Trinajstić information content (AvgIpc) is 2.74. The van der Waals surface area contributed by atoms with Gasteiger partial charge in [0.15, 0.2) is 0 Å². The van der Waals surface area contributed by atoms with Crippen molar-refractivity contribution >= 4 is 17.5 Å². The second-order valence-corrected chi connectivity index (χ2v) is 7.98. The van der Waals surface area contributed by atoms with E-state index in [0.717, 1.165) is 57.8 Å². The molecule has 6 heteroatoms. The zero-order valence-electron chi connectivity index (χ0n) is 16.8. The maximum Gasteiger partial charge on any atom is 0.272 e. The Balaban J connectivity index is 1.45. The van der Waals surface area contributed by atoms with Gasteiger partial charge in [-0.3, -0.25) is 4.79 Å². The van der Waals surface area contributed by atoms with E-state index in [0.29, 0.717) is 17.6 Å². The molecule has 6 nitrogen and oxygen atoms in total. The summed E-state index contributed by atoms with van der Waals surface area (Å²) in [6.07, 6.45) is 2.15. The molecule has 3 heterocycles. The van der Waals surface area contributed by atoms with Crippen molar-refractivity contribution in [3.8, 4) is 0 Å². The van der Waals surface area contributed by atoms with Gasteiger partial charge in [-0.2, -0.15) is 0 Å². The second kappa shape index (κ2) is 8.17. The number of amides is 1. The fourth-order valence-electron chi connectivity index (χ4n) is 3.98. The lowest BCUT2D eigenvalue weighted by Gasteiger charge is -2.36. The quantitative estimate of drug-likeness (QED) is 0.821. The smallest absolute Gasteiger partial charge is 0.272 e. The molecule has 2 fully saturated rings. The number of hydrogen-bond acceptors (Lipinski definition) is 5. The van der Waals surface area contributed by atoms with Gasteiger partial charge in [0.05, 0.1) is 0 Å². The van der Waals surface area contributed by atoms with E-state index in [1.165, 1.54) is 5.69 Å². The SMILES string of the molecule is Cc1cc(C(=O)N2CCC(C)CC2)nc(N2CCN(c3ccccc3)CC2)n1. The van der Waals surface area contributed by atoms with Gasteiger partial charge in [0.25, 0.3) is 5.91 Å². The fourth-order valence-corrected chi connectivity index (χ4v) is 3.98. The van der Waals surface area contributed by atoms with Crippen LogP contribution in [0.3, 0.4) is 0 Å². The number of benzene rings is 1. The number of hydrogen-bond donors (Lipinski definition) is 0. The summed E-state index contributed by atoms with van der Waals surface area (Å²) in [6.45, 7) is 9.41. The highest BCUT2D eigenvalue weighted by Gasteiger charge is 2.25. The molecule has 0 saturated carbocycles. The van der Waals surface area contributed by atoms with Crippen molar-refractivity contribution < 1.29 is 4.79 Å². The highest BCUT2D eigenvalue weighted by molar-refractivity contribution is 5.92. The van der Waals surface area contributed by atoms with Crippen LogP contribution in [0, 0.1) is 12.8 Å². The van der Waals surface area contributed by atoms with Crippen molar-refractivity contribution in [2.24, 2.45) is 5.92 Å². The summed E-state index contributed by atoms with van der Waals surface area (Å²) in [7, 11) is 0. The van der Waals surface area contributed by atoms with E-state index >= 15 is 0 Å². The van der Waals surface area contributed by atoms with Gasteiger partial charge in [-0.25, -0.2) is 9.97 Å². The van der Waals surface area contributed by atoms with Crippen LogP contribution in [0.5, 0.6) is 0 Å². The van der Waals surface area contributed by atoms with Crippen molar-refractivity contribution in [2.75, 3.05) is 49.1 Å². The lowest BCUT2D eigenvalue weighted by atomic mass is 9.99. The minimum absolute atomic E-state index is 0.0431. The van der Waals surface area contributed by atoms with Crippen LogP contribution >= 0.6 is 0 Å². The number of rotatable bonds is 3. The number of piperidine rings is 1. The van der Waals surface area contributed by atoms with Crippen molar-refractivity contribution in [1.82, 2.24) is 14.9 Å². The number of nitrogens with zero attached hydrogens (tertiary/aromatic N) is 5. The fraction of sp³-hybridized carbons (Fsp3) is 0.500. The van der Waals surface area contributed by atoms with Crippen LogP contribution in [0.2, 0.25) is 0 Å². The predicted octanol–water partition coefficient (Wildman–Crippen LogP) is 2.98. The van der Waals surface area contributed by atoms with Gasteiger partial charge in [0, 0.05) is 50.6 Å². The molecule has 0 radical (unpaired) electrons. The number of likely N-dealkylation sites (tertiary alicyclic amines) is 1. The number of aromatic nitrogens is 2. The lowest BCUT2D eigenvalue weighted by Crippen LogP contribution is -2.47. The molecule has 2 aliphatic heterocycles. The number of carbonyl (C=O) groups is 1. The molecule has 2 aromatic rings. The van der Waals surface area contributed by atoms with Gasteiger partial charge in [-0.05, 0) is 43.9 Å². The maximum atomic E-state index is 12.9. The summed E-state index contributed by atoms with van der Waals surface area (Å²) < 4.78 is 0. The van der Waals surface area contributed by atoms with Gasteiger partial charge in [0.2, 0.25) is 5.95 Å². The Morgan fingerprint density at radius 2 is 1.57 bits per heavy atom. The Labute approximate surface area is 167 Å². The van der Waals surface area contributed by atoms with Gasteiger partial charge >= 0.3 is 0 Å². The van der Waals surface area contributed by atoms with E-state index in [-0.39, 0.29) is 5.91 Å². The molecule has 0 spiro atoms. The molecular weight excluding hydrogens is 350 g/mol. The third-order valence-electron chi connectivity index (χ3n) is 5.82. The number of aryl methyl sites for hydroxylation is 1. The molecule has 28 heavy (non-hydrogen) atoms. The Morgan fingerprint density at radius 1 is 0.929 bits per heavy atom. The topological polar surface area (TPSA) is 52.6 Å². The molecule has 1 aromatic heterocycles. The van der Waals surface area contributed by atoms with Crippen molar-refractivity contribution in [3.63, 3.8) is 0 Å². The van der Waals surface area contributed by atoms with E-state index in [1.54, 1.807) is 0 Å². The number of piperazine rings is 1. The minimum Gasteiger partial charge on any atom is -0.368 e. The first-order valence-corrected chi connectivity index (χ1v) is 10.3. The summed E-state index contributed by atoms with van der Waals surface area (Å²) in [5.41, 5.74) is 2.63. The predicted molar refractivity (Wildman–Crippen MR) is 112 cm³/mol. The molecule has 0 aliphatic carbocycles. The Kier molecular flexibility index (Phi) is 5.46. The first-order chi connectivity index (χ1) is 13.6. The van der Waals surface area contributed by atoms with Crippen LogP contribution in [0.4, 0.5) is 11.6 Å². The van der Waals surface area contributed by atoms with E-state index in [9.17, 15) is 4.79 Å². The van der Waals surface area contributed by atoms with Crippen LogP contribution in [-0.2, 0) is 0 Å². The van der Waals surface area contributed by atoms with Gasteiger partial charge < -0.3 is 14.7 Å². The van der Waals surface area contributed by atoms with E-state index < -0.39 is 0 Å². The van der Waals surface area contributed by atoms with E-state index in [1.807, 2.05) is 24.0 Å². The van der Waals surface area contributed by atoms with Crippen LogP contribution in [0.1, 0.15) is 35.9 Å².